The van der Waals surface area contributed by atoms with Crippen LogP contribution in [-0.2, 0) is 39.2 Å². The highest BCUT2D eigenvalue weighted by molar-refractivity contribution is 6.71. The number of hydrogen-bond acceptors (Lipinski definition) is 16. The molecular formula is C32H82AlO16Si4+. The number of ether oxygens (including phenoxy) is 4. The van der Waals surface area contributed by atoms with E-state index in [2.05, 4.69) is 0 Å². The quantitative estimate of drug-likeness (QED) is 0.118. The minimum Gasteiger partial charge on any atom is -0.506 e. The van der Waals surface area contributed by atoms with E-state index in [0.29, 0.717) is 19.4 Å². The second-order valence-electron chi connectivity index (χ2n) is 14.7. The summed E-state index contributed by atoms with van der Waals surface area (Å²) in [6, 6.07) is 0. The highest BCUT2D eigenvalue weighted by Crippen LogP contribution is 2.39. The molecule has 6 unspecified atom stereocenters. The normalized spacial score (nSPS) is 32.0. The van der Waals surface area contributed by atoms with E-state index < -0.39 is 92.2 Å². The Hall–Kier alpha value is 0.760. The Morgan fingerprint density at radius 3 is 1.43 bits per heavy atom. The van der Waals surface area contributed by atoms with Crippen LogP contribution < -0.4 is 0 Å². The fourth-order valence-electron chi connectivity index (χ4n) is 5.25. The molecular weight excluding hydrogens is 780 g/mol. The third kappa shape index (κ3) is 20.8. The summed E-state index contributed by atoms with van der Waals surface area (Å²) in [4.78, 5) is 28.6. The number of aliphatic hydroxyl groups is 4. The first-order chi connectivity index (χ1) is 22.6. The molecule has 0 aromatic rings. The first-order valence-electron chi connectivity index (χ1n) is 17.0. The van der Waals surface area contributed by atoms with Crippen molar-refractivity contribution in [3.8, 4) is 0 Å². The van der Waals surface area contributed by atoms with Crippen LogP contribution in [0.4, 0.5) is 0 Å². The summed E-state index contributed by atoms with van der Waals surface area (Å²) in [7, 11) is -5.35. The molecule has 0 aromatic heterocycles. The Kier molecular flexibility index (Phi) is 28.8. The Bertz CT molecular complexity index is 947. The van der Waals surface area contributed by atoms with Crippen LogP contribution in [0.3, 0.4) is 0 Å². The maximum Gasteiger partial charge on any atom is 1.00 e. The molecule has 0 spiro atoms. The molecule has 0 radical (unpaired) electrons. The van der Waals surface area contributed by atoms with E-state index in [1.807, 2.05) is 26.9 Å². The molecule has 0 bridgehead atoms. The van der Waals surface area contributed by atoms with Crippen molar-refractivity contribution in [2.45, 2.75) is 163 Å². The molecule has 2 heterocycles. The molecule has 2 aliphatic heterocycles. The summed E-state index contributed by atoms with van der Waals surface area (Å²) >= 11 is -1.17. The number of rotatable bonds is 15. The van der Waals surface area contributed by atoms with E-state index in [0.717, 1.165) is 0 Å². The van der Waals surface area contributed by atoms with Gasteiger partial charge in [-0.3, -0.25) is 0 Å². The summed E-state index contributed by atoms with van der Waals surface area (Å²) in [6.45, 7) is 21.2. The van der Waals surface area contributed by atoms with Crippen LogP contribution in [0.15, 0.2) is 0 Å². The van der Waals surface area contributed by atoms with Crippen LogP contribution in [0.2, 0.25) is 52.4 Å². The number of hydrogen-bond donors (Lipinski definition) is 7. The van der Waals surface area contributed by atoms with E-state index >= 15 is 0 Å². The zero-order valence-electron chi connectivity index (χ0n) is 34.0. The summed E-state index contributed by atoms with van der Waals surface area (Å²) in [6.07, 6.45) is -3.16. The Balaban J connectivity index is -0.000000231. The van der Waals surface area contributed by atoms with Crippen molar-refractivity contribution in [3.63, 3.8) is 0 Å². The second-order valence-corrected chi connectivity index (χ2v) is 29.7. The van der Waals surface area contributed by atoms with Gasteiger partial charge in [-0.1, -0.05) is 36.1 Å². The summed E-state index contributed by atoms with van der Waals surface area (Å²) in [5.41, 5.74) is 0. The second kappa shape index (κ2) is 25.3. The highest BCUT2D eigenvalue weighted by atomic mass is 28.4. The smallest absolute Gasteiger partial charge is 0.506 e. The van der Waals surface area contributed by atoms with Crippen molar-refractivity contribution in [3.05, 3.63) is 0 Å². The standard InChI is InChI=1S/C15H34O7Si2.C10H20O5.2C2H7O2Si.3CH4.Al.H/c1-9-11-12(10-20-24(7,8)19-4)21-15(2,18-3)14(13(11)16)22-23(5,6)17;1-4-6-7(5-11)15-10(2,14-3)9(13)8(6)12;2*1-5(2,3)4;;;;;/h11-14,16-17H,9-10H2,1-8H3;6-9,11-13H,4-5H2,1-3H3;2*3H,1-2H3;3*1H4;;/q;;2*-1;;;;+2;/p+1/t11-,12?,13?,14?,15-;6-,7?,8?,9?,10-;;;;;;;/m11......./s1. The summed E-state index contributed by atoms with van der Waals surface area (Å²) < 4.78 is 49.5. The van der Waals surface area contributed by atoms with Gasteiger partial charge < -0.3 is 74.0 Å². The predicted octanol–water partition coefficient (Wildman–Crippen LogP) is 2.76. The molecule has 16 nitrogen and oxygen atoms in total. The third-order valence-corrected chi connectivity index (χ3v) is 17.8. The average molecular weight is 862 g/mol. The fourth-order valence-corrected chi connectivity index (χ4v) is 9.98. The molecule has 0 aromatic carbocycles. The average Bonchev–Trinajstić information content (AvgIpc) is 2.99. The molecule has 0 saturated carbocycles. The van der Waals surface area contributed by atoms with Gasteiger partial charge in [0.1, 0.15) is 12.2 Å². The molecule has 324 valence electrons. The van der Waals surface area contributed by atoms with Crippen molar-refractivity contribution in [1.82, 2.24) is 0 Å². The van der Waals surface area contributed by atoms with Gasteiger partial charge in [-0.25, -0.2) is 0 Å². The van der Waals surface area contributed by atoms with Gasteiger partial charge in [0.2, 0.25) is 0 Å². The van der Waals surface area contributed by atoms with Crippen LogP contribution in [0.25, 0.3) is 0 Å². The lowest BCUT2D eigenvalue weighted by atomic mass is 9.84. The molecule has 21 heteroatoms. The lowest BCUT2D eigenvalue weighted by Gasteiger charge is -2.51. The molecule has 2 fully saturated rings. The molecule has 0 aliphatic carbocycles. The lowest BCUT2D eigenvalue weighted by Crippen LogP contribution is -2.65. The zero-order chi connectivity index (χ0) is 39.5. The van der Waals surface area contributed by atoms with Crippen LogP contribution in [0.1, 0.15) is 64.2 Å². The van der Waals surface area contributed by atoms with Crippen molar-refractivity contribution in [2.75, 3.05) is 34.5 Å². The number of aliphatic hydroxyl groups excluding tert-OH is 4. The zero-order valence-corrected chi connectivity index (χ0v) is 38.4. The Morgan fingerprint density at radius 1 is 0.679 bits per heavy atom. The summed E-state index contributed by atoms with van der Waals surface area (Å²) in [5, 5.41) is 39.7. The Morgan fingerprint density at radius 2 is 1.09 bits per heavy atom. The van der Waals surface area contributed by atoms with E-state index in [4.69, 9.17) is 44.3 Å². The van der Waals surface area contributed by atoms with Gasteiger partial charge in [0.15, 0.2) is 11.6 Å². The summed E-state index contributed by atoms with van der Waals surface area (Å²) in [5.74, 6) is -2.87. The van der Waals surface area contributed by atoms with E-state index in [-0.39, 0.29) is 48.3 Å². The molecule has 0 amide bonds. The molecule has 2 rings (SSSR count). The maximum atomic E-state index is 10.9. The number of methoxy groups -OCH3 is 2. The minimum atomic E-state index is -2.87. The van der Waals surface area contributed by atoms with Crippen molar-refractivity contribution in [1.29, 1.82) is 0 Å². The monoisotopic (exact) mass is 861 g/mol. The van der Waals surface area contributed by atoms with Gasteiger partial charge in [0.05, 0.1) is 37.6 Å². The van der Waals surface area contributed by atoms with Crippen molar-refractivity contribution >= 4 is 50.1 Å². The van der Waals surface area contributed by atoms with E-state index in [9.17, 15) is 29.7 Å². The van der Waals surface area contributed by atoms with Crippen LogP contribution in [-0.4, -0.2) is 168 Å². The molecule has 7 N–H and O–H groups in total. The van der Waals surface area contributed by atoms with Crippen molar-refractivity contribution in [2.24, 2.45) is 11.8 Å². The van der Waals surface area contributed by atoms with Gasteiger partial charge in [0, 0.05) is 33.2 Å². The van der Waals surface area contributed by atoms with E-state index in [1.165, 1.54) is 14.2 Å². The molecule has 2 saturated heterocycles. The lowest BCUT2D eigenvalue weighted by molar-refractivity contribution is -0.342. The van der Waals surface area contributed by atoms with Crippen LogP contribution >= 0.6 is 0 Å². The van der Waals surface area contributed by atoms with Gasteiger partial charge in [0.25, 0.3) is 0 Å². The highest BCUT2D eigenvalue weighted by Gasteiger charge is 2.54. The van der Waals surface area contributed by atoms with Crippen molar-refractivity contribution < 1.29 is 75.4 Å². The van der Waals surface area contributed by atoms with Gasteiger partial charge >= 0.3 is 51.6 Å². The maximum absolute atomic E-state index is 10.9. The predicted molar refractivity (Wildman–Crippen MR) is 218 cm³/mol. The first-order valence-corrected chi connectivity index (χ1v) is 29.6. The Labute approximate surface area is 334 Å². The molecule has 10 atom stereocenters. The van der Waals surface area contributed by atoms with E-state index in [1.54, 1.807) is 60.2 Å². The molecule has 53 heavy (non-hydrogen) atoms. The third-order valence-electron chi connectivity index (χ3n) is 8.55. The SMILES string of the molecule is C.C.C.CC[C@@H]1C(CO)O[C@@](C)(OC)C(O)C1O.CC[C@@H]1C(CO[Si](C)(C)OC)O[C@@](C)(OC)C(O[Si](C)(C)O)C1O.C[Si](C)(O)[O][AlH][O][Si](C)(C)O.[H+]. The van der Waals surface area contributed by atoms with Crippen LogP contribution in [0, 0.1) is 11.8 Å². The first kappa shape index (κ1) is 60.4. The minimum absolute atomic E-state index is 0. The largest absolute Gasteiger partial charge is 1.00 e. The van der Waals surface area contributed by atoms with Gasteiger partial charge in [-0.2, -0.15) is 0 Å². The van der Waals surface area contributed by atoms with Crippen LogP contribution in [0.5, 0.6) is 0 Å². The van der Waals surface area contributed by atoms with Gasteiger partial charge in [-0.05, 0) is 79.1 Å². The molecule has 2 aliphatic rings. The topological polar surface area (TPSA) is 225 Å². The fraction of sp³-hybridized carbons (Fsp3) is 1.00. The van der Waals surface area contributed by atoms with Gasteiger partial charge in [-0.15, -0.1) is 0 Å².